The summed E-state index contributed by atoms with van der Waals surface area (Å²) in [5.74, 6) is 0.0627. The summed E-state index contributed by atoms with van der Waals surface area (Å²) < 4.78 is 0. The zero-order valence-corrected chi connectivity index (χ0v) is 13.2. The van der Waals surface area contributed by atoms with Crippen molar-refractivity contribution in [2.75, 3.05) is 5.01 Å². The Kier molecular flexibility index (Phi) is 3.98. The van der Waals surface area contributed by atoms with Gasteiger partial charge in [0, 0.05) is 0 Å². The van der Waals surface area contributed by atoms with Crippen LogP contribution in [0.5, 0.6) is 5.75 Å². The van der Waals surface area contributed by atoms with Gasteiger partial charge in [-0.25, -0.2) is 0 Å². The van der Waals surface area contributed by atoms with E-state index in [1.807, 2.05) is 31.2 Å². The zero-order chi connectivity index (χ0) is 16.4. The lowest BCUT2D eigenvalue weighted by Crippen LogP contribution is -2.21. The average molecular weight is 306 g/mol. The van der Waals surface area contributed by atoms with E-state index < -0.39 is 0 Å². The molecule has 0 unspecified atom stereocenters. The number of rotatable bonds is 3. The molecule has 1 aliphatic heterocycles. The molecule has 4 nitrogen and oxygen atoms in total. The van der Waals surface area contributed by atoms with Crippen LogP contribution in [0.15, 0.2) is 59.2 Å². The van der Waals surface area contributed by atoms with Crippen LogP contribution in [0.25, 0.3) is 6.08 Å². The minimum absolute atomic E-state index is 0.139. The van der Waals surface area contributed by atoms with E-state index in [9.17, 15) is 9.90 Å². The fourth-order valence-electron chi connectivity index (χ4n) is 2.47. The maximum absolute atomic E-state index is 12.6. The molecule has 0 aromatic heterocycles. The number of anilines is 1. The molecule has 0 saturated heterocycles. The summed E-state index contributed by atoms with van der Waals surface area (Å²) in [7, 11) is 0. The van der Waals surface area contributed by atoms with Gasteiger partial charge in [0.25, 0.3) is 5.91 Å². The SMILES string of the molecule is CCc1ccc(N2N=C(C)C(=Cc3ccc(O)cc3)C2=O)cc1. The zero-order valence-electron chi connectivity index (χ0n) is 13.2. The monoisotopic (exact) mass is 306 g/mol. The second-order valence-corrected chi connectivity index (χ2v) is 5.47. The Balaban J connectivity index is 1.89. The average Bonchev–Trinajstić information content (AvgIpc) is 2.85. The van der Waals surface area contributed by atoms with Crippen LogP contribution in [-0.2, 0) is 11.2 Å². The summed E-state index contributed by atoms with van der Waals surface area (Å²) in [5.41, 5.74) is 4.09. The number of hydrazone groups is 1. The van der Waals surface area contributed by atoms with E-state index in [2.05, 4.69) is 12.0 Å². The highest BCUT2D eigenvalue weighted by molar-refractivity contribution is 6.32. The maximum Gasteiger partial charge on any atom is 0.280 e. The Hall–Kier alpha value is -2.88. The van der Waals surface area contributed by atoms with Crippen LogP contribution in [0.2, 0.25) is 0 Å². The number of phenols is 1. The van der Waals surface area contributed by atoms with Crippen LogP contribution in [0.3, 0.4) is 0 Å². The third-order valence-corrected chi connectivity index (χ3v) is 3.86. The normalized spacial score (nSPS) is 16.1. The highest BCUT2D eigenvalue weighted by atomic mass is 16.3. The molecule has 1 heterocycles. The van der Waals surface area contributed by atoms with Gasteiger partial charge >= 0.3 is 0 Å². The summed E-state index contributed by atoms with van der Waals surface area (Å²) in [6.45, 7) is 3.92. The third kappa shape index (κ3) is 3.01. The topological polar surface area (TPSA) is 52.9 Å². The molecule has 2 aromatic carbocycles. The minimum atomic E-state index is -0.139. The quantitative estimate of drug-likeness (QED) is 0.878. The number of phenolic OH excluding ortho intramolecular Hbond substituents is 1. The standard InChI is InChI=1S/C19H18N2O2/c1-3-14-4-8-16(9-5-14)21-19(23)18(13(2)20-21)12-15-6-10-17(22)11-7-15/h4-12,22H,3H2,1-2H3. The Labute approximate surface area is 135 Å². The lowest BCUT2D eigenvalue weighted by molar-refractivity contribution is -0.114. The number of nitrogens with zero attached hydrogens (tertiary/aromatic N) is 2. The minimum Gasteiger partial charge on any atom is -0.508 e. The van der Waals surface area contributed by atoms with Crippen LogP contribution in [0.4, 0.5) is 5.69 Å². The van der Waals surface area contributed by atoms with Gasteiger partial charge in [-0.1, -0.05) is 31.2 Å². The lowest BCUT2D eigenvalue weighted by Gasteiger charge is -2.12. The van der Waals surface area contributed by atoms with Gasteiger partial charge in [0.1, 0.15) is 5.75 Å². The van der Waals surface area contributed by atoms with Gasteiger partial charge in [-0.3, -0.25) is 4.79 Å². The first-order valence-corrected chi connectivity index (χ1v) is 7.58. The molecule has 0 radical (unpaired) electrons. The molecule has 3 rings (SSSR count). The number of aryl methyl sites for hydroxylation is 1. The molecular weight excluding hydrogens is 288 g/mol. The van der Waals surface area contributed by atoms with Crippen molar-refractivity contribution in [1.82, 2.24) is 0 Å². The van der Waals surface area contributed by atoms with Gasteiger partial charge in [0.15, 0.2) is 0 Å². The van der Waals surface area contributed by atoms with Crippen LogP contribution >= 0.6 is 0 Å². The molecule has 2 aromatic rings. The summed E-state index contributed by atoms with van der Waals surface area (Å²) >= 11 is 0. The number of amides is 1. The summed E-state index contributed by atoms with van der Waals surface area (Å²) in [5, 5.41) is 15.1. The van der Waals surface area contributed by atoms with E-state index in [-0.39, 0.29) is 11.7 Å². The molecule has 0 atom stereocenters. The van der Waals surface area contributed by atoms with Crippen molar-refractivity contribution in [1.29, 1.82) is 0 Å². The number of benzene rings is 2. The van der Waals surface area contributed by atoms with Crippen molar-refractivity contribution in [2.24, 2.45) is 5.10 Å². The highest BCUT2D eigenvalue weighted by Crippen LogP contribution is 2.25. The third-order valence-electron chi connectivity index (χ3n) is 3.86. The molecule has 116 valence electrons. The second-order valence-electron chi connectivity index (χ2n) is 5.47. The molecule has 4 heteroatoms. The van der Waals surface area contributed by atoms with E-state index in [0.29, 0.717) is 11.3 Å². The molecule has 1 aliphatic rings. The lowest BCUT2D eigenvalue weighted by atomic mass is 10.1. The fraction of sp³-hybridized carbons (Fsp3) is 0.158. The van der Waals surface area contributed by atoms with Crippen LogP contribution in [0, 0.1) is 0 Å². The van der Waals surface area contributed by atoms with Crippen molar-refractivity contribution in [3.63, 3.8) is 0 Å². The molecule has 0 saturated carbocycles. The number of carbonyl (C=O) groups excluding carboxylic acids is 1. The summed E-state index contributed by atoms with van der Waals surface area (Å²) in [6.07, 6.45) is 2.75. The predicted octanol–water partition coefficient (Wildman–Crippen LogP) is 3.76. The number of carbonyl (C=O) groups is 1. The van der Waals surface area contributed by atoms with E-state index in [4.69, 9.17) is 0 Å². The molecule has 0 aliphatic carbocycles. The largest absolute Gasteiger partial charge is 0.508 e. The van der Waals surface area contributed by atoms with E-state index in [0.717, 1.165) is 17.7 Å². The van der Waals surface area contributed by atoms with Crippen molar-refractivity contribution >= 4 is 23.4 Å². The first kappa shape index (κ1) is 15.0. The maximum atomic E-state index is 12.6. The van der Waals surface area contributed by atoms with Crippen molar-refractivity contribution in [3.05, 3.63) is 65.2 Å². The van der Waals surface area contributed by atoms with E-state index in [1.54, 1.807) is 30.3 Å². The van der Waals surface area contributed by atoms with Crippen LogP contribution < -0.4 is 5.01 Å². The number of hydrogen-bond donors (Lipinski definition) is 1. The highest BCUT2D eigenvalue weighted by Gasteiger charge is 2.28. The molecular formula is C19H18N2O2. The van der Waals surface area contributed by atoms with Gasteiger partial charge in [-0.05, 0) is 54.8 Å². The summed E-state index contributed by atoms with van der Waals surface area (Å²) in [4.78, 5) is 12.6. The Morgan fingerprint density at radius 2 is 1.74 bits per heavy atom. The molecule has 0 fully saturated rings. The summed E-state index contributed by atoms with van der Waals surface area (Å²) in [6, 6.07) is 14.6. The second kappa shape index (κ2) is 6.08. The van der Waals surface area contributed by atoms with Crippen molar-refractivity contribution in [2.45, 2.75) is 20.3 Å². The first-order chi connectivity index (χ1) is 11.1. The van der Waals surface area contributed by atoms with Gasteiger partial charge in [0.2, 0.25) is 0 Å². The van der Waals surface area contributed by atoms with Gasteiger partial charge in [-0.2, -0.15) is 10.1 Å². The number of hydrogen-bond acceptors (Lipinski definition) is 3. The molecule has 0 spiro atoms. The molecule has 23 heavy (non-hydrogen) atoms. The Morgan fingerprint density at radius 1 is 1.09 bits per heavy atom. The fourth-order valence-corrected chi connectivity index (χ4v) is 2.47. The Morgan fingerprint density at radius 3 is 2.35 bits per heavy atom. The van der Waals surface area contributed by atoms with Gasteiger partial charge < -0.3 is 5.11 Å². The van der Waals surface area contributed by atoms with Crippen molar-refractivity contribution < 1.29 is 9.90 Å². The van der Waals surface area contributed by atoms with E-state index >= 15 is 0 Å². The van der Waals surface area contributed by atoms with Crippen LogP contribution in [0.1, 0.15) is 25.0 Å². The molecule has 1 amide bonds. The van der Waals surface area contributed by atoms with Gasteiger partial charge in [-0.15, -0.1) is 0 Å². The van der Waals surface area contributed by atoms with E-state index in [1.165, 1.54) is 10.6 Å². The Bertz CT molecular complexity index is 787. The van der Waals surface area contributed by atoms with Crippen LogP contribution in [-0.4, -0.2) is 16.7 Å². The first-order valence-electron chi connectivity index (χ1n) is 7.58. The predicted molar refractivity (Wildman–Crippen MR) is 92.5 cm³/mol. The smallest absolute Gasteiger partial charge is 0.280 e. The molecule has 1 N–H and O–H groups in total. The van der Waals surface area contributed by atoms with Crippen molar-refractivity contribution in [3.8, 4) is 5.75 Å². The number of aromatic hydroxyl groups is 1. The molecule has 0 bridgehead atoms. The van der Waals surface area contributed by atoms with Gasteiger partial charge in [0.05, 0.1) is 17.0 Å².